The minimum atomic E-state index is 0.639. The minimum Gasteiger partial charge on any atom is -0.356 e. The Morgan fingerprint density at radius 3 is 2.94 bits per heavy atom. The van der Waals surface area contributed by atoms with E-state index in [9.17, 15) is 0 Å². The maximum absolute atomic E-state index is 4.23. The third-order valence-electron chi connectivity index (χ3n) is 3.30. The van der Waals surface area contributed by atoms with Crippen LogP contribution in [0.1, 0.15) is 17.0 Å². The summed E-state index contributed by atoms with van der Waals surface area (Å²) in [5.41, 5.74) is 2.99. The van der Waals surface area contributed by atoms with Crippen molar-refractivity contribution in [3.05, 3.63) is 35.4 Å². The molecule has 1 aromatic rings. The first-order valence-electron chi connectivity index (χ1n) is 6.36. The number of nitrogens with zero attached hydrogens (tertiary/aromatic N) is 1. The Morgan fingerprint density at radius 1 is 1.39 bits per heavy atom. The summed E-state index contributed by atoms with van der Waals surface area (Å²) in [5.74, 6) is 2.65. The van der Waals surface area contributed by atoms with E-state index in [4.69, 9.17) is 0 Å². The van der Waals surface area contributed by atoms with E-state index in [1.807, 2.05) is 18.8 Å². The molecule has 0 aliphatic heterocycles. The summed E-state index contributed by atoms with van der Waals surface area (Å²) < 4.78 is 0. The molecule has 98 valence electrons. The average Bonchev–Trinajstić information content (AvgIpc) is 2.38. The lowest BCUT2D eigenvalue weighted by Gasteiger charge is -2.30. The Morgan fingerprint density at radius 2 is 2.22 bits per heavy atom. The average molecular weight is 263 g/mol. The van der Waals surface area contributed by atoms with Crippen molar-refractivity contribution in [2.45, 2.75) is 12.3 Å². The van der Waals surface area contributed by atoms with E-state index in [2.05, 4.69) is 46.1 Å². The molecule has 1 aromatic carbocycles. The molecule has 1 atom stereocenters. The van der Waals surface area contributed by atoms with Gasteiger partial charge in [0.15, 0.2) is 5.96 Å². The van der Waals surface area contributed by atoms with E-state index >= 15 is 0 Å². The molecule has 0 saturated carbocycles. The zero-order chi connectivity index (χ0) is 12.8. The van der Waals surface area contributed by atoms with Crippen LogP contribution in [0.15, 0.2) is 29.3 Å². The van der Waals surface area contributed by atoms with Crippen LogP contribution in [0.5, 0.6) is 0 Å². The molecule has 0 radical (unpaired) electrons. The van der Waals surface area contributed by atoms with Crippen LogP contribution in [0, 0.1) is 0 Å². The highest BCUT2D eigenvalue weighted by Crippen LogP contribution is 2.33. The fourth-order valence-corrected chi connectivity index (χ4v) is 2.56. The van der Waals surface area contributed by atoms with Crippen LogP contribution in [0.4, 0.5) is 0 Å². The molecule has 0 heterocycles. The third kappa shape index (κ3) is 3.19. The zero-order valence-corrected chi connectivity index (χ0v) is 11.9. The summed E-state index contributed by atoms with van der Waals surface area (Å²) in [6, 6.07) is 8.69. The van der Waals surface area contributed by atoms with Gasteiger partial charge in [-0.05, 0) is 23.8 Å². The van der Waals surface area contributed by atoms with E-state index in [1.54, 1.807) is 0 Å². The highest BCUT2D eigenvalue weighted by atomic mass is 32.2. The number of benzene rings is 1. The van der Waals surface area contributed by atoms with Gasteiger partial charge in [0.2, 0.25) is 0 Å². The number of fused-ring (bicyclic) bond motifs is 1. The smallest absolute Gasteiger partial charge is 0.191 e. The fourth-order valence-electron chi connectivity index (χ4n) is 2.26. The molecule has 0 saturated heterocycles. The summed E-state index contributed by atoms with van der Waals surface area (Å²) in [7, 11) is 1.82. The van der Waals surface area contributed by atoms with Crippen molar-refractivity contribution < 1.29 is 0 Å². The predicted octanol–water partition coefficient (Wildman–Crippen LogP) is 1.85. The topological polar surface area (TPSA) is 36.4 Å². The van der Waals surface area contributed by atoms with Gasteiger partial charge in [-0.25, -0.2) is 0 Å². The van der Waals surface area contributed by atoms with Crippen molar-refractivity contribution in [3.63, 3.8) is 0 Å². The van der Waals surface area contributed by atoms with Crippen molar-refractivity contribution in [2.75, 3.05) is 32.1 Å². The Kier molecular flexibility index (Phi) is 4.93. The number of guanidine groups is 1. The first kappa shape index (κ1) is 13.3. The Hall–Kier alpha value is -1.16. The van der Waals surface area contributed by atoms with Crippen molar-refractivity contribution in [2.24, 2.45) is 4.99 Å². The zero-order valence-electron chi connectivity index (χ0n) is 11.1. The molecular weight excluding hydrogens is 242 g/mol. The molecule has 0 fully saturated rings. The molecule has 1 aliphatic carbocycles. The van der Waals surface area contributed by atoms with Crippen molar-refractivity contribution in [1.29, 1.82) is 0 Å². The van der Waals surface area contributed by atoms with Gasteiger partial charge in [0.05, 0.1) is 0 Å². The third-order valence-corrected chi connectivity index (χ3v) is 3.91. The molecule has 3 nitrogen and oxygen atoms in total. The van der Waals surface area contributed by atoms with E-state index in [-0.39, 0.29) is 0 Å². The molecule has 0 amide bonds. The highest BCUT2D eigenvalue weighted by molar-refractivity contribution is 7.98. The van der Waals surface area contributed by atoms with Crippen molar-refractivity contribution in [3.8, 4) is 0 Å². The van der Waals surface area contributed by atoms with Gasteiger partial charge in [-0.15, -0.1) is 0 Å². The van der Waals surface area contributed by atoms with E-state index < -0.39 is 0 Å². The van der Waals surface area contributed by atoms with Gasteiger partial charge in [-0.3, -0.25) is 4.99 Å². The van der Waals surface area contributed by atoms with E-state index in [0.29, 0.717) is 5.92 Å². The summed E-state index contributed by atoms with van der Waals surface area (Å²) >= 11 is 1.84. The maximum atomic E-state index is 4.23. The minimum absolute atomic E-state index is 0.639. The maximum Gasteiger partial charge on any atom is 0.191 e. The largest absolute Gasteiger partial charge is 0.356 e. The van der Waals surface area contributed by atoms with Crippen LogP contribution in [0.25, 0.3) is 0 Å². The lowest BCUT2D eigenvalue weighted by Crippen LogP contribution is -2.41. The van der Waals surface area contributed by atoms with Crippen LogP contribution >= 0.6 is 11.8 Å². The van der Waals surface area contributed by atoms with E-state index in [1.165, 1.54) is 17.5 Å². The number of thioether (sulfide) groups is 1. The molecule has 0 bridgehead atoms. The Balaban J connectivity index is 1.75. The van der Waals surface area contributed by atoms with Gasteiger partial charge in [-0.1, -0.05) is 24.3 Å². The van der Waals surface area contributed by atoms with Gasteiger partial charge in [0.1, 0.15) is 0 Å². The molecule has 1 unspecified atom stereocenters. The molecule has 18 heavy (non-hydrogen) atoms. The lowest BCUT2D eigenvalue weighted by molar-refractivity contribution is 0.585. The van der Waals surface area contributed by atoms with E-state index in [0.717, 1.165) is 24.8 Å². The number of nitrogens with one attached hydrogen (secondary N) is 2. The summed E-state index contributed by atoms with van der Waals surface area (Å²) in [6.45, 7) is 1.93. The van der Waals surface area contributed by atoms with Gasteiger partial charge < -0.3 is 10.6 Å². The summed E-state index contributed by atoms with van der Waals surface area (Å²) in [4.78, 5) is 4.23. The second-order valence-corrected chi connectivity index (χ2v) is 5.46. The molecule has 0 aromatic heterocycles. The van der Waals surface area contributed by atoms with Crippen LogP contribution < -0.4 is 10.6 Å². The van der Waals surface area contributed by atoms with Crippen LogP contribution in [0.2, 0.25) is 0 Å². The monoisotopic (exact) mass is 263 g/mol. The standard InChI is InChI=1S/C14H21N3S/c1-15-14(16-7-8-18-2)17-10-12-9-11-5-3-4-6-13(11)12/h3-6,12H,7-10H2,1-2H3,(H2,15,16,17). The SMILES string of the molecule is CN=C(NCCSC)NCC1Cc2ccccc21. The molecule has 2 rings (SSSR count). The Bertz CT molecular complexity index is 417. The number of rotatable bonds is 5. The molecular formula is C14H21N3S. The lowest BCUT2D eigenvalue weighted by atomic mass is 9.78. The van der Waals surface area contributed by atoms with Gasteiger partial charge in [0, 0.05) is 31.8 Å². The number of aliphatic imine (C=N–C) groups is 1. The first-order chi connectivity index (χ1) is 8.85. The molecule has 4 heteroatoms. The first-order valence-corrected chi connectivity index (χ1v) is 7.75. The second-order valence-electron chi connectivity index (χ2n) is 4.47. The van der Waals surface area contributed by atoms with Gasteiger partial charge in [0.25, 0.3) is 0 Å². The normalized spacial score (nSPS) is 17.9. The molecule has 0 spiro atoms. The summed E-state index contributed by atoms with van der Waals surface area (Å²) in [5, 5.41) is 6.72. The van der Waals surface area contributed by atoms with Crippen molar-refractivity contribution in [1.82, 2.24) is 10.6 Å². The van der Waals surface area contributed by atoms with Crippen LogP contribution in [0.3, 0.4) is 0 Å². The second kappa shape index (κ2) is 6.69. The molecule has 1 aliphatic rings. The quantitative estimate of drug-likeness (QED) is 0.483. The summed E-state index contributed by atoms with van der Waals surface area (Å²) in [6.07, 6.45) is 3.30. The molecule has 2 N–H and O–H groups in total. The van der Waals surface area contributed by atoms with Crippen LogP contribution in [-0.4, -0.2) is 38.1 Å². The van der Waals surface area contributed by atoms with Gasteiger partial charge in [-0.2, -0.15) is 11.8 Å². The predicted molar refractivity (Wildman–Crippen MR) is 80.6 cm³/mol. The highest BCUT2D eigenvalue weighted by Gasteiger charge is 2.24. The fraction of sp³-hybridized carbons (Fsp3) is 0.500. The Labute approximate surface area is 113 Å². The number of hydrogen-bond donors (Lipinski definition) is 2. The van der Waals surface area contributed by atoms with Crippen LogP contribution in [-0.2, 0) is 6.42 Å². The van der Waals surface area contributed by atoms with Crippen molar-refractivity contribution >= 4 is 17.7 Å². The number of hydrogen-bond acceptors (Lipinski definition) is 2. The van der Waals surface area contributed by atoms with Gasteiger partial charge >= 0.3 is 0 Å².